The van der Waals surface area contributed by atoms with Crippen molar-refractivity contribution in [1.29, 1.82) is 0 Å². The van der Waals surface area contributed by atoms with Crippen LogP contribution in [0.4, 0.5) is 0 Å². The third-order valence-electron chi connectivity index (χ3n) is 4.36. The van der Waals surface area contributed by atoms with Gasteiger partial charge in [0.1, 0.15) is 0 Å². The molecule has 0 unspecified atom stereocenters. The zero-order valence-electron chi connectivity index (χ0n) is 12.9. The van der Waals surface area contributed by atoms with E-state index in [9.17, 15) is 5.11 Å². The Bertz CT molecular complexity index is 854. The number of aromatic nitrogens is 1. The Labute approximate surface area is 135 Å². The normalized spacial score (nSPS) is 16.3. The summed E-state index contributed by atoms with van der Waals surface area (Å²) in [5.74, 6) is 0.646. The molecule has 0 spiro atoms. The van der Waals surface area contributed by atoms with E-state index < -0.39 is 0 Å². The number of nitrogens with one attached hydrogen (secondary N) is 1. The van der Waals surface area contributed by atoms with Gasteiger partial charge in [-0.05, 0) is 41.5 Å². The number of benzene rings is 2. The number of para-hydroxylation sites is 1. The van der Waals surface area contributed by atoms with Gasteiger partial charge >= 0.3 is 0 Å². The van der Waals surface area contributed by atoms with Gasteiger partial charge in [0.2, 0.25) is 0 Å². The van der Waals surface area contributed by atoms with Gasteiger partial charge in [-0.1, -0.05) is 24.3 Å². The molecule has 4 rings (SSSR count). The quantitative estimate of drug-likeness (QED) is 0.763. The average molecular weight is 306 g/mol. The summed E-state index contributed by atoms with van der Waals surface area (Å²) in [5, 5.41) is 13.4. The standard InChI is InChI=1S/C19H18N2O2/c1-23-18-11-13(8-9-17(18)22)19-16-7-4-10-21(16)15-6-3-2-5-14(15)12-20-19/h2-11,19-20,22H,12H2,1H3/t19-/m0/s1. The van der Waals surface area contributed by atoms with Gasteiger partial charge < -0.3 is 19.7 Å². The smallest absolute Gasteiger partial charge is 0.160 e. The molecule has 0 saturated carbocycles. The summed E-state index contributed by atoms with van der Waals surface area (Å²) in [7, 11) is 1.57. The van der Waals surface area contributed by atoms with E-state index in [2.05, 4.69) is 52.5 Å². The minimum atomic E-state index is 0.0342. The third kappa shape index (κ3) is 2.28. The first-order chi connectivity index (χ1) is 11.3. The number of phenolic OH excluding ortho intramolecular Hbond substituents is 1. The highest BCUT2D eigenvalue weighted by molar-refractivity contribution is 5.49. The summed E-state index contributed by atoms with van der Waals surface area (Å²) in [4.78, 5) is 0. The minimum absolute atomic E-state index is 0.0342. The van der Waals surface area contributed by atoms with Gasteiger partial charge in [-0.25, -0.2) is 0 Å². The second-order valence-electron chi connectivity index (χ2n) is 5.68. The lowest BCUT2D eigenvalue weighted by Crippen LogP contribution is -2.21. The van der Waals surface area contributed by atoms with Gasteiger partial charge in [-0.15, -0.1) is 0 Å². The van der Waals surface area contributed by atoms with Crippen LogP contribution in [0.2, 0.25) is 0 Å². The number of fused-ring (bicyclic) bond motifs is 3. The van der Waals surface area contributed by atoms with Crippen LogP contribution in [0.15, 0.2) is 60.8 Å². The molecule has 23 heavy (non-hydrogen) atoms. The Hall–Kier alpha value is -2.72. The second-order valence-corrected chi connectivity index (χ2v) is 5.68. The SMILES string of the molecule is COc1cc([C@@H]2NCc3ccccc3-n3cccc32)ccc1O. The van der Waals surface area contributed by atoms with Crippen LogP contribution in [0.1, 0.15) is 22.9 Å². The fourth-order valence-electron chi connectivity index (χ4n) is 3.22. The predicted molar refractivity (Wildman–Crippen MR) is 89.1 cm³/mol. The zero-order chi connectivity index (χ0) is 15.8. The van der Waals surface area contributed by atoms with Gasteiger partial charge in [0.25, 0.3) is 0 Å². The van der Waals surface area contributed by atoms with Gasteiger partial charge in [-0.2, -0.15) is 0 Å². The number of hydrogen-bond donors (Lipinski definition) is 2. The Morgan fingerprint density at radius 2 is 2.00 bits per heavy atom. The van der Waals surface area contributed by atoms with Crippen LogP contribution >= 0.6 is 0 Å². The van der Waals surface area contributed by atoms with Crippen molar-refractivity contribution in [1.82, 2.24) is 9.88 Å². The van der Waals surface area contributed by atoms with Crippen LogP contribution in [-0.4, -0.2) is 16.8 Å². The van der Waals surface area contributed by atoms with Gasteiger partial charge in [0.05, 0.1) is 13.2 Å². The molecule has 2 N–H and O–H groups in total. The molecule has 0 saturated heterocycles. The van der Waals surface area contributed by atoms with E-state index >= 15 is 0 Å². The summed E-state index contributed by atoms with van der Waals surface area (Å²) in [6.45, 7) is 0.783. The van der Waals surface area contributed by atoms with Crippen LogP contribution in [-0.2, 0) is 6.54 Å². The highest BCUT2D eigenvalue weighted by Crippen LogP contribution is 2.34. The Kier molecular flexibility index (Phi) is 3.32. The molecule has 2 heterocycles. The molecule has 3 aromatic rings. The molecule has 4 heteroatoms. The zero-order valence-corrected chi connectivity index (χ0v) is 12.9. The molecule has 0 radical (unpaired) electrons. The van der Waals surface area contributed by atoms with Gasteiger partial charge in [0.15, 0.2) is 11.5 Å². The fraction of sp³-hybridized carbons (Fsp3) is 0.158. The molecule has 1 aliphatic rings. The molecule has 1 aliphatic heterocycles. The van der Waals surface area contributed by atoms with Crippen molar-refractivity contribution in [3.05, 3.63) is 77.6 Å². The van der Waals surface area contributed by atoms with E-state index in [-0.39, 0.29) is 11.8 Å². The summed E-state index contributed by atoms with van der Waals surface area (Å²) < 4.78 is 7.48. The maximum absolute atomic E-state index is 9.84. The topological polar surface area (TPSA) is 46.4 Å². The number of rotatable bonds is 2. The van der Waals surface area contributed by atoms with E-state index in [0.29, 0.717) is 5.75 Å². The summed E-state index contributed by atoms with van der Waals surface area (Å²) in [6.07, 6.45) is 2.09. The maximum atomic E-state index is 9.84. The van der Waals surface area contributed by atoms with Crippen molar-refractivity contribution >= 4 is 0 Å². The monoisotopic (exact) mass is 306 g/mol. The lowest BCUT2D eigenvalue weighted by molar-refractivity contribution is 0.372. The van der Waals surface area contributed by atoms with Gasteiger partial charge in [0, 0.05) is 24.1 Å². The largest absolute Gasteiger partial charge is 0.504 e. The highest BCUT2D eigenvalue weighted by Gasteiger charge is 2.23. The minimum Gasteiger partial charge on any atom is -0.504 e. The molecule has 116 valence electrons. The van der Waals surface area contributed by atoms with Crippen molar-refractivity contribution in [2.24, 2.45) is 0 Å². The van der Waals surface area contributed by atoms with E-state index in [4.69, 9.17) is 4.74 Å². The molecule has 0 fully saturated rings. The molecule has 0 bridgehead atoms. The maximum Gasteiger partial charge on any atom is 0.160 e. The summed E-state index contributed by atoms with van der Waals surface area (Å²) in [6, 6.07) is 18.1. The fourth-order valence-corrected chi connectivity index (χ4v) is 3.22. The first kappa shape index (κ1) is 13.9. The molecule has 2 aromatic carbocycles. The number of methoxy groups -OCH3 is 1. The lowest BCUT2D eigenvalue weighted by atomic mass is 10.0. The second kappa shape index (κ2) is 5.48. The number of ether oxygens (including phenoxy) is 1. The third-order valence-corrected chi connectivity index (χ3v) is 4.36. The van der Waals surface area contributed by atoms with Crippen LogP contribution in [0.25, 0.3) is 5.69 Å². The molecular formula is C19H18N2O2. The first-order valence-corrected chi connectivity index (χ1v) is 7.64. The molecule has 0 amide bonds. The van der Waals surface area contributed by atoms with Crippen LogP contribution in [0.3, 0.4) is 0 Å². The van der Waals surface area contributed by atoms with Crippen molar-refractivity contribution in [2.45, 2.75) is 12.6 Å². The van der Waals surface area contributed by atoms with E-state index in [0.717, 1.165) is 12.1 Å². The highest BCUT2D eigenvalue weighted by atomic mass is 16.5. The van der Waals surface area contributed by atoms with Crippen molar-refractivity contribution in [2.75, 3.05) is 7.11 Å². The molecule has 0 aliphatic carbocycles. The Morgan fingerprint density at radius 3 is 2.87 bits per heavy atom. The van der Waals surface area contributed by atoms with E-state index in [1.807, 2.05) is 12.1 Å². The predicted octanol–water partition coefficient (Wildman–Crippen LogP) is 3.38. The summed E-state index contributed by atoms with van der Waals surface area (Å²) >= 11 is 0. The summed E-state index contributed by atoms with van der Waals surface area (Å²) in [5.41, 5.74) is 4.70. The van der Waals surface area contributed by atoms with Crippen LogP contribution in [0.5, 0.6) is 11.5 Å². The lowest BCUT2D eigenvalue weighted by Gasteiger charge is -2.19. The van der Waals surface area contributed by atoms with Crippen molar-refractivity contribution in [3.63, 3.8) is 0 Å². The van der Waals surface area contributed by atoms with Crippen LogP contribution in [0, 0.1) is 0 Å². The van der Waals surface area contributed by atoms with Crippen molar-refractivity contribution < 1.29 is 9.84 Å². The first-order valence-electron chi connectivity index (χ1n) is 7.64. The van der Waals surface area contributed by atoms with Crippen molar-refractivity contribution in [3.8, 4) is 17.2 Å². The van der Waals surface area contributed by atoms with E-state index in [1.165, 1.54) is 16.9 Å². The van der Waals surface area contributed by atoms with E-state index in [1.54, 1.807) is 13.2 Å². The van der Waals surface area contributed by atoms with Gasteiger partial charge in [-0.3, -0.25) is 0 Å². The number of hydrogen-bond acceptors (Lipinski definition) is 3. The Balaban J connectivity index is 1.84. The molecule has 4 nitrogen and oxygen atoms in total. The van der Waals surface area contributed by atoms with Crippen LogP contribution < -0.4 is 10.1 Å². The number of aromatic hydroxyl groups is 1. The number of nitrogens with zero attached hydrogens (tertiary/aromatic N) is 1. The molecular weight excluding hydrogens is 288 g/mol. The molecule has 1 aromatic heterocycles. The number of phenols is 1. The molecule has 1 atom stereocenters. The Morgan fingerprint density at radius 1 is 1.13 bits per heavy atom. The average Bonchev–Trinajstić information content (AvgIpc) is 3.00.